The minimum absolute atomic E-state index is 0.139. The molecule has 1 fully saturated rings. The number of hydrogen-bond donors (Lipinski definition) is 2. The molecule has 0 aliphatic carbocycles. The quantitative estimate of drug-likeness (QED) is 0.748. The van der Waals surface area contributed by atoms with Gasteiger partial charge in [-0.25, -0.2) is 0 Å². The second-order valence-corrected chi connectivity index (χ2v) is 7.63. The molecule has 0 bridgehead atoms. The number of methoxy groups -OCH3 is 1. The Morgan fingerprint density at radius 2 is 2.07 bits per heavy atom. The Bertz CT molecular complexity index is 216. The summed E-state index contributed by atoms with van der Waals surface area (Å²) in [5.41, 5.74) is -1.06. The normalized spacial score (nSPS) is 38.8. The van der Waals surface area contributed by atoms with Crippen molar-refractivity contribution in [3.05, 3.63) is 0 Å². The Labute approximate surface area is 98.4 Å². The van der Waals surface area contributed by atoms with Gasteiger partial charge in [0.15, 0.2) is 0 Å². The molecule has 4 heteroatoms. The predicted octanol–water partition coefficient (Wildman–Crippen LogP) is 1.23. The molecule has 90 valence electrons. The summed E-state index contributed by atoms with van der Waals surface area (Å²) in [6, 6.07) is 0. The zero-order valence-electron chi connectivity index (χ0n) is 9.99. The van der Waals surface area contributed by atoms with Gasteiger partial charge in [-0.1, -0.05) is 0 Å². The fourth-order valence-electron chi connectivity index (χ4n) is 1.74. The third-order valence-electron chi connectivity index (χ3n) is 3.39. The van der Waals surface area contributed by atoms with Gasteiger partial charge in [0, 0.05) is 0 Å². The summed E-state index contributed by atoms with van der Waals surface area (Å²) in [5.74, 6) is 0. The van der Waals surface area contributed by atoms with Gasteiger partial charge < -0.3 is 0 Å². The molecule has 0 aromatic rings. The van der Waals surface area contributed by atoms with Gasteiger partial charge >= 0.3 is 98.1 Å². The SMILES string of the molecule is COC(C)(C)[C@H]1CC[C@@](C)(O)[C@@H](O)C[Se]1. The van der Waals surface area contributed by atoms with Gasteiger partial charge in [-0.15, -0.1) is 0 Å². The number of hydrogen-bond acceptors (Lipinski definition) is 3. The molecule has 3 nitrogen and oxygen atoms in total. The summed E-state index contributed by atoms with van der Waals surface area (Å²) in [7, 11) is 1.73. The van der Waals surface area contributed by atoms with Gasteiger partial charge in [0.25, 0.3) is 0 Å². The molecule has 0 aromatic heterocycles. The molecule has 0 amide bonds. The Morgan fingerprint density at radius 1 is 1.47 bits per heavy atom. The van der Waals surface area contributed by atoms with Crippen molar-refractivity contribution in [3.63, 3.8) is 0 Å². The molecule has 1 heterocycles. The number of aliphatic hydroxyl groups excluding tert-OH is 1. The second-order valence-electron chi connectivity index (χ2n) is 5.04. The number of ether oxygens (including phenoxy) is 1. The fraction of sp³-hybridized carbons (Fsp3) is 1.00. The van der Waals surface area contributed by atoms with Crippen LogP contribution in [0.15, 0.2) is 0 Å². The monoisotopic (exact) mass is 282 g/mol. The molecule has 1 rings (SSSR count). The van der Waals surface area contributed by atoms with Crippen LogP contribution in [0, 0.1) is 0 Å². The molecule has 1 aliphatic rings. The summed E-state index contributed by atoms with van der Waals surface area (Å²) >= 11 is 0.333. The van der Waals surface area contributed by atoms with Gasteiger partial charge in [0.2, 0.25) is 0 Å². The first-order valence-electron chi connectivity index (χ1n) is 5.37. The molecule has 1 aliphatic heterocycles. The van der Waals surface area contributed by atoms with E-state index in [1.54, 1.807) is 14.0 Å². The van der Waals surface area contributed by atoms with E-state index < -0.39 is 11.7 Å². The summed E-state index contributed by atoms with van der Waals surface area (Å²) in [5, 5.41) is 20.5. The predicted molar refractivity (Wildman–Crippen MR) is 61.3 cm³/mol. The van der Waals surface area contributed by atoms with Crippen molar-refractivity contribution in [2.24, 2.45) is 0 Å². The maximum absolute atomic E-state index is 10.00. The average Bonchev–Trinajstić information content (AvgIpc) is 2.28. The van der Waals surface area contributed by atoms with Crippen molar-refractivity contribution < 1.29 is 14.9 Å². The first-order chi connectivity index (χ1) is 6.79. The summed E-state index contributed by atoms with van der Waals surface area (Å²) < 4.78 is 5.49. The minimum atomic E-state index is -0.916. The van der Waals surface area contributed by atoms with Gasteiger partial charge in [0.1, 0.15) is 0 Å². The van der Waals surface area contributed by atoms with E-state index in [1.807, 2.05) is 0 Å². The van der Waals surface area contributed by atoms with E-state index in [4.69, 9.17) is 4.74 Å². The molecule has 3 atom stereocenters. The van der Waals surface area contributed by atoms with Crippen molar-refractivity contribution >= 4 is 15.0 Å². The van der Waals surface area contributed by atoms with Gasteiger partial charge in [0.05, 0.1) is 0 Å². The fourth-order valence-corrected chi connectivity index (χ4v) is 5.00. The van der Waals surface area contributed by atoms with E-state index in [2.05, 4.69) is 13.8 Å². The molecule has 0 aromatic carbocycles. The molecule has 0 saturated carbocycles. The molecule has 0 radical (unpaired) electrons. The molecule has 1 saturated heterocycles. The van der Waals surface area contributed by atoms with E-state index in [0.29, 0.717) is 26.2 Å². The Hall–Kier alpha value is 0.399. The molecule has 15 heavy (non-hydrogen) atoms. The van der Waals surface area contributed by atoms with Gasteiger partial charge in [-0.2, -0.15) is 0 Å². The zero-order chi connectivity index (χ0) is 11.7. The van der Waals surface area contributed by atoms with Crippen LogP contribution in [0.4, 0.5) is 0 Å². The van der Waals surface area contributed by atoms with Crippen molar-refractivity contribution in [2.75, 3.05) is 7.11 Å². The van der Waals surface area contributed by atoms with E-state index in [1.165, 1.54) is 0 Å². The van der Waals surface area contributed by atoms with E-state index in [9.17, 15) is 10.2 Å². The number of rotatable bonds is 2. The second kappa shape index (κ2) is 4.72. The molecule has 0 spiro atoms. The summed E-state index contributed by atoms with van der Waals surface area (Å²) in [4.78, 5) is 0.471. The van der Waals surface area contributed by atoms with Gasteiger partial charge in [-0.3, -0.25) is 0 Å². The Balaban J connectivity index is 2.68. The van der Waals surface area contributed by atoms with Crippen LogP contribution in [-0.2, 0) is 4.74 Å². The van der Waals surface area contributed by atoms with Crippen LogP contribution < -0.4 is 0 Å². The summed E-state index contributed by atoms with van der Waals surface area (Å²) in [6.45, 7) is 5.91. The Kier molecular flexibility index (Phi) is 4.24. The molecular formula is C11H22O3Se. The molecule has 0 unspecified atom stereocenters. The average molecular weight is 281 g/mol. The molecular weight excluding hydrogens is 259 g/mol. The first-order valence-corrected chi connectivity index (χ1v) is 7.57. The van der Waals surface area contributed by atoms with Crippen LogP contribution in [0.25, 0.3) is 0 Å². The third-order valence-corrected chi connectivity index (χ3v) is 6.98. The van der Waals surface area contributed by atoms with Crippen molar-refractivity contribution in [2.45, 2.75) is 61.1 Å². The van der Waals surface area contributed by atoms with Crippen LogP contribution in [0.2, 0.25) is 10.1 Å². The van der Waals surface area contributed by atoms with Crippen LogP contribution in [0.3, 0.4) is 0 Å². The number of aliphatic hydroxyl groups is 2. The van der Waals surface area contributed by atoms with Crippen molar-refractivity contribution in [3.8, 4) is 0 Å². The van der Waals surface area contributed by atoms with Crippen LogP contribution in [-0.4, -0.2) is 49.6 Å². The van der Waals surface area contributed by atoms with E-state index >= 15 is 0 Å². The van der Waals surface area contributed by atoms with Crippen LogP contribution in [0.5, 0.6) is 0 Å². The van der Waals surface area contributed by atoms with E-state index in [-0.39, 0.29) is 5.60 Å². The standard InChI is InChI=1S/C11H22O3Se/c1-10(2,14-4)9-5-6-11(3,13)8(12)7-15-9/h8-9,12-13H,5-7H2,1-4H3/t8-,9+,11+/m0/s1. The van der Waals surface area contributed by atoms with Crippen LogP contribution in [0.1, 0.15) is 33.6 Å². The first kappa shape index (κ1) is 13.5. The topological polar surface area (TPSA) is 49.7 Å². The van der Waals surface area contributed by atoms with E-state index in [0.717, 1.165) is 11.7 Å². The third kappa shape index (κ3) is 3.18. The van der Waals surface area contributed by atoms with Crippen molar-refractivity contribution in [1.82, 2.24) is 0 Å². The van der Waals surface area contributed by atoms with Crippen molar-refractivity contribution in [1.29, 1.82) is 0 Å². The van der Waals surface area contributed by atoms with Crippen LogP contribution >= 0.6 is 0 Å². The summed E-state index contributed by atoms with van der Waals surface area (Å²) in [6.07, 6.45) is 1.02. The Morgan fingerprint density at radius 3 is 2.60 bits per heavy atom. The zero-order valence-corrected chi connectivity index (χ0v) is 11.7. The van der Waals surface area contributed by atoms with Gasteiger partial charge in [-0.05, 0) is 0 Å². The maximum atomic E-state index is 10.00. The molecule has 2 N–H and O–H groups in total.